The second-order valence-corrected chi connectivity index (χ2v) is 8.38. The number of ether oxygens (including phenoxy) is 2. The SMILES string of the molecule is C=C(C)C[C@@]1(C(=O)OC)C(=O)[C@](C)(C(=O)OCc2ccccc2)C(=O)N1Cc1ccccc1. The molecule has 2 aromatic carbocycles. The normalized spacial score (nSPS) is 22.2. The Kier molecular flexibility index (Phi) is 6.81. The molecule has 1 amide bonds. The summed E-state index contributed by atoms with van der Waals surface area (Å²) in [6, 6.07) is 17.8. The number of esters is 2. The quantitative estimate of drug-likeness (QED) is 0.349. The van der Waals surface area contributed by atoms with Crippen molar-refractivity contribution in [2.45, 2.75) is 39.0 Å². The minimum Gasteiger partial charge on any atom is -0.467 e. The van der Waals surface area contributed by atoms with Gasteiger partial charge in [0.05, 0.1) is 7.11 Å². The smallest absolute Gasteiger partial charge is 0.340 e. The molecule has 1 saturated heterocycles. The molecule has 0 saturated carbocycles. The molecular weight excluding hydrogens is 422 g/mol. The van der Waals surface area contributed by atoms with Crippen molar-refractivity contribution in [2.24, 2.45) is 5.41 Å². The number of Topliss-reactive ketones (excluding diaryl/α,β-unsaturated/α-hetero) is 1. The number of carbonyl (C=O) groups is 4. The molecule has 1 fully saturated rings. The second-order valence-electron chi connectivity index (χ2n) is 8.38. The highest BCUT2D eigenvalue weighted by molar-refractivity contribution is 6.34. The topological polar surface area (TPSA) is 90.0 Å². The summed E-state index contributed by atoms with van der Waals surface area (Å²) in [5.74, 6) is -3.60. The van der Waals surface area contributed by atoms with E-state index in [1.54, 1.807) is 55.5 Å². The zero-order valence-electron chi connectivity index (χ0n) is 19.0. The van der Waals surface area contributed by atoms with Crippen molar-refractivity contribution in [3.63, 3.8) is 0 Å². The average molecular weight is 450 g/mol. The van der Waals surface area contributed by atoms with Gasteiger partial charge < -0.3 is 14.4 Å². The lowest BCUT2D eigenvalue weighted by Gasteiger charge is -2.34. The maximum absolute atomic E-state index is 13.8. The van der Waals surface area contributed by atoms with Crippen LogP contribution >= 0.6 is 0 Å². The molecule has 0 bridgehead atoms. The van der Waals surface area contributed by atoms with Gasteiger partial charge in [0.25, 0.3) is 0 Å². The number of hydrogen-bond donors (Lipinski definition) is 0. The maximum Gasteiger partial charge on any atom is 0.340 e. The van der Waals surface area contributed by atoms with Crippen LogP contribution in [0.25, 0.3) is 0 Å². The molecular formula is C26H27NO6. The van der Waals surface area contributed by atoms with Crippen LogP contribution in [0.3, 0.4) is 0 Å². The molecule has 0 spiro atoms. The van der Waals surface area contributed by atoms with Crippen molar-refractivity contribution in [3.05, 3.63) is 83.9 Å². The number of nitrogens with zero attached hydrogens (tertiary/aromatic N) is 1. The van der Waals surface area contributed by atoms with Crippen molar-refractivity contribution in [3.8, 4) is 0 Å². The van der Waals surface area contributed by atoms with E-state index in [0.29, 0.717) is 16.7 Å². The van der Waals surface area contributed by atoms with Crippen LogP contribution in [0.1, 0.15) is 31.4 Å². The Morgan fingerprint density at radius 1 is 0.939 bits per heavy atom. The Hall–Kier alpha value is -3.74. The van der Waals surface area contributed by atoms with Gasteiger partial charge in [0.2, 0.25) is 16.9 Å². The minimum absolute atomic E-state index is 0.0602. The van der Waals surface area contributed by atoms with Gasteiger partial charge in [-0.25, -0.2) is 4.79 Å². The fourth-order valence-electron chi connectivity index (χ4n) is 4.15. The van der Waals surface area contributed by atoms with E-state index >= 15 is 0 Å². The zero-order chi connectivity index (χ0) is 24.2. The predicted octanol–water partition coefficient (Wildman–Crippen LogP) is 3.23. The lowest BCUT2D eigenvalue weighted by molar-refractivity contribution is -0.163. The van der Waals surface area contributed by atoms with Crippen LogP contribution in [0.15, 0.2) is 72.8 Å². The van der Waals surface area contributed by atoms with E-state index in [0.717, 1.165) is 12.0 Å². The Bertz CT molecular complexity index is 1080. The van der Waals surface area contributed by atoms with Gasteiger partial charge in [0.1, 0.15) is 6.61 Å². The van der Waals surface area contributed by atoms with Crippen LogP contribution in [-0.4, -0.2) is 41.2 Å². The average Bonchev–Trinajstić information content (AvgIpc) is 2.98. The molecule has 7 heteroatoms. The van der Waals surface area contributed by atoms with Crippen LogP contribution in [-0.2, 0) is 41.8 Å². The predicted molar refractivity (Wildman–Crippen MR) is 121 cm³/mol. The fourth-order valence-corrected chi connectivity index (χ4v) is 4.15. The third-order valence-corrected chi connectivity index (χ3v) is 5.85. The molecule has 0 radical (unpaired) electrons. The van der Waals surface area contributed by atoms with Crippen LogP contribution < -0.4 is 0 Å². The van der Waals surface area contributed by atoms with Gasteiger partial charge in [0, 0.05) is 13.0 Å². The van der Waals surface area contributed by atoms with Gasteiger partial charge in [-0.1, -0.05) is 66.2 Å². The highest BCUT2D eigenvalue weighted by Gasteiger charge is 2.72. The van der Waals surface area contributed by atoms with Gasteiger partial charge >= 0.3 is 11.9 Å². The molecule has 0 N–H and O–H groups in total. The number of ketones is 1. The van der Waals surface area contributed by atoms with Crippen LogP contribution in [0.5, 0.6) is 0 Å². The van der Waals surface area contributed by atoms with Crippen molar-refractivity contribution < 1.29 is 28.7 Å². The van der Waals surface area contributed by atoms with E-state index in [2.05, 4.69) is 6.58 Å². The molecule has 0 aromatic heterocycles. The van der Waals surface area contributed by atoms with Crippen molar-refractivity contribution in [1.29, 1.82) is 0 Å². The van der Waals surface area contributed by atoms with Gasteiger partial charge in [0.15, 0.2) is 5.78 Å². The fraction of sp³-hybridized carbons (Fsp3) is 0.308. The molecule has 172 valence electrons. The van der Waals surface area contributed by atoms with Crippen molar-refractivity contribution in [1.82, 2.24) is 4.90 Å². The first-order chi connectivity index (χ1) is 15.7. The number of rotatable bonds is 8. The third-order valence-electron chi connectivity index (χ3n) is 5.85. The first-order valence-corrected chi connectivity index (χ1v) is 10.5. The standard InChI is InChI=1S/C26H27NO6/c1-18(2)15-26(24(31)32-4)21(28)25(3,23(30)33-17-20-13-9-6-10-14-20)22(29)27(26)16-19-11-7-5-8-12-19/h5-14H,1,15-17H2,2-4H3/t25-,26-/m0/s1. The Morgan fingerprint density at radius 3 is 2.00 bits per heavy atom. The molecule has 0 aliphatic carbocycles. The van der Waals surface area contributed by atoms with Gasteiger partial charge in [-0.3, -0.25) is 14.4 Å². The van der Waals surface area contributed by atoms with Crippen LogP contribution in [0.2, 0.25) is 0 Å². The summed E-state index contributed by atoms with van der Waals surface area (Å²) in [5.41, 5.74) is -2.34. The number of carbonyl (C=O) groups excluding carboxylic acids is 4. The Labute approximate surface area is 193 Å². The van der Waals surface area contributed by atoms with E-state index in [1.807, 2.05) is 12.1 Å². The van der Waals surface area contributed by atoms with E-state index in [-0.39, 0.29) is 19.6 Å². The van der Waals surface area contributed by atoms with Crippen molar-refractivity contribution >= 4 is 23.6 Å². The third kappa shape index (κ3) is 4.18. The maximum atomic E-state index is 13.8. The summed E-state index contributed by atoms with van der Waals surface area (Å²) in [6.07, 6.45) is -0.168. The lowest BCUT2D eigenvalue weighted by Crippen LogP contribution is -2.56. The van der Waals surface area contributed by atoms with Gasteiger partial charge in [-0.2, -0.15) is 0 Å². The Balaban J connectivity index is 2.05. The molecule has 1 aliphatic heterocycles. The summed E-state index contributed by atoms with van der Waals surface area (Å²) in [4.78, 5) is 54.9. The highest BCUT2D eigenvalue weighted by atomic mass is 16.5. The number of methoxy groups -OCH3 is 1. The van der Waals surface area contributed by atoms with Crippen LogP contribution in [0, 0.1) is 5.41 Å². The Morgan fingerprint density at radius 2 is 1.48 bits per heavy atom. The van der Waals surface area contributed by atoms with E-state index < -0.39 is 34.6 Å². The second kappa shape index (κ2) is 9.40. The summed E-state index contributed by atoms with van der Waals surface area (Å²) in [7, 11) is 1.14. The molecule has 0 unspecified atom stereocenters. The van der Waals surface area contributed by atoms with Crippen LogP contribution in [0.4, 0.5) is 0 Å². The summed E-state index contributed by atoms with van der Waals surface area (Å²) in [6.45, 7) is 6.52. The monoisotopic (exact) mass is 449 g/mol. The lowest BCUT2D eigenvalue weighted by atomic mass is 9.77. The highest BCUT2D eigenvalue weighted by Crippen LogP contribution is 2.45. The van der Waals surface area contributed by atoms with E-state index in [9.17, 15) is 19.2 Å². The number of likely N-dealkylation sites (tertiary alicyclic amines) is 1. The first-order valence-electron chi connectivity index (χ1n) is 10.5. The first kappa shape index (κ1) is 23.9. The number of benzene rings is 2. The van der Waals surface area contributed by atoms with E-state index in [4.69, 9.17) is 9.47 Å². The molecule has 2 atom stereocenters. The molecule has 1 heterocycles. The largest absolute Gasteiger partial charge is 0.467 e. The van der Waals surface area contributed by atoms with E-state index in [1.165, 1.54) is 6.92 Å². The molecule has 33 heavy (non-hydrogen) atoms. The molecule has 2 aromatic rings. The molecule has 1 aliphatic rings. The van der Waals surface area contributed by atoms with Gasteiger partial charge in [-0.05, 0) is 25.0 Å². The van der Waals surface area contributed by atoms with Crippen molar-refractivity contribution in [2.75, 3.05) is 7.11 Å². The molecule has 3 rings (SSSR count). The zero-order valence-corrected chi connectivity index (χ0v) is 19.0. The van der Waals surface area contributed by atoms with Gasteiger partial charge in [-0.15, -0.1) is 6.58 Å². The summed E-state index contributed by atoms with van der Waals surface area (Å²) >= 11 is 0. The number of hydrogen-bond acceptors (Lipinski definition) is 6. The minimum atomic E-state index is -2.20. The summed E-state index contributed by atoms with van der Waals surface area (Å²) in [5, 5.41) is 0. The number of amides is 1. The summed E-state index contributed by atoms with van der Waals surface area (Å²) < 4.78 is 10.4. The molecule has 7 nitrogen and oxygen atoms in total.